The number of hydrogen-bond acceptors (Lipinski definition) is 5. The third kappa shape index (κ3) is 5.87. The number of ether oxygens (including phenoxy) is 1. The molecule has 1 aliphatic rings. The molecule has 0 aliphatic carbocycles. The smallest absolute Gasteiger partial charge is 0.407 e. The molecule has 0 unspecified atom stereocenters. The molecule has 1 fully saturated rings. The minimum absolute atomic E-state index is 0. The normalized spacial score (nSPS) is 16.6. The van der Waals surface area contributed by atoms with E-state index in [-0.39, 0.29) is 24.7 Å². The number of carbonyl (C=O) groups excluding carboxylic acids is 1. The summed E-state index contributed by atoms with van der Waals surface area (Å²) in [5, 5.41) is 16.5. The number of benzene rings is 1. The Morgan fingerprint density at radius 2 is 2.14 bits per heavy atom. The standard InChI is InChI=1S/C14H19N3O4.ClH/c18-14(16-8-6-11-5-7-15-9-11)21-10-12-1-3-13(4-2-12)17(19)20;/h1-4,11,15H,5-10H2,(H,16,18);1H/t11-;/m0./s1. The Kier molecular flexibility index (Phi) is 7.62. The lowest BCUT2D eigenvalue weighted by Gasteiger charge is -2.10. The van der Waals surface area contributed by atoms with Gasteiger partial charge in [0, 0.05) is 18.7 Å². The van der Waals surface area contributed by atoms with Gasteiger partial charge in [0.2, 0.25) is 0 Å². The van der Waals surface area contributed by atoms with E-state index in [0.29, 0.717) is 12.5 Å². The van der Waals surface area contributed by atoms with E-state index >= 15 is 0 Å². The minimum atomic E-state index is -0.463. The van der Waals surface area contributed by atoms with Crippen LogP contribution in [0, 0.1) is 16.0 Å². The van der Waals surface area contributed by atoms with E-state index in [4.69, 9.17) is 4.74 Å². The predicted molar refractivity (Wildman–Crippen MR) is 84.1 cm³/mol. The molecule has 0 bridgehead atoms. The number of nitrogens with zero attached hydrogens (tertiary/aromatic N) is 1. The van der Waals surface area contributed by atoms with Crippen molar-refractivity contribution in [3.8, 4) is 0 Å². The molecule has 0 radical (unpaired) electrons. The molecule has 8 heteroatoms. The first-order chi connectivity index (χ1) is 10.1. The van der Waals surface area contributed by atoms with E-state index in [9.17, 15) is 14.9 Å². The molecule has 2 rings (SSSR count). The van der Waals surface area contributed by atoms with Gasteiger partial charge in [0.05, 0.1) is 4.92 Å². The van der Waals surface area contributed by atoms with E-state index in [2.05, 4.69) is 10.6 Å². The summed E-state index contributed by atoms with van der Waals surface area (Å²) >= 11 is 0. The van der Waals surface area contributed by atoms with Gasteiger partial charge in [0.1, 0.15) is 6.61 Å². The Balaban J connectivity index is 0.00000242. The highest BCUT2D eigenvalue weighted by atomic mass is 35.5. The van der Waals surface area contributed by atoms with Crippen molar-refractivity contribution in [3.63, 3.8) is 0 Å². The maximum Gasteiger partial charge on any atom is 0.407 e. The van der Waals surface area contributed by atoms with Crippen LogP contribution in [0.4, 0.5) is 10.5 Å². The number of rotatable bonds is 6. The monoisotopic (exact) mass is 329 g/mol. The summed E-state index contributed by atoms with van der Waals surface area (Å²) in [6.07, 6.45) is 1.64. The van der Waals surface area contributed by atoms with Crippen molar-refractivity contribution < 1.29 is 14.5 Å². The van der Waals surface area contributed by atoms with Crippen LogP contribution in [0.15, 0.2) is 24.3 Å². The topological polar surface area (TPSA) is 93.5 Å². The summed E-state index contributed by atoms with van der Waals surface area (Å²) in [4.78, 5) is 21.6. The molecule has 1 aromatic rings. The molecule has 2 N–H and O–H groups in total. The average Bonchev–Trinajstić information content (AvgIpc) is 2.99. The highest BCUT2D eigenvalue weighted by Gasteiger charge is 2.14. The Morgan fingerprint density at radius 3 is 2.73 bits per heavy atom. The first-order valence-corrected chi connectivity index (χ1v) is 7.00. The van der Waals surface area contributed by atoms with Crippen LogP contribution in [0.1, 0.15) is 18.4 Å². The van der Waals surface area contributed by atoms with Gasteiger partial charge < -0.3 is 15.4 Å². The lowest BCUT2D eigenvalue weighted by Crippen LogP contribution is -2.27. The summed E-state index contributed by atoms with van der Waals surface area (Å²) in [5.41, 5.74) is 0.740. The molecule has 1 aliphatic heterocycles. The lowest BCUT2D eigenvalue weighted by molar-refractivity contribution is -0.384. The fourth-order valence-corrected chi connectivity index (χ4v) is 2.25. The van der Waals surface area contributed by atoms with Crippen molar-refractivity contribution in [2.24, 2.45) is 5.92 Å². The SMILES string of the molecule is Cl.O=C(NCC[C@@H]1CCNC1)OCc1ccc([N+](=O)[O-])cc1. The van der Waals surface area contributed by atoms with Gasteiger partial charge in [-0.2, -0.15) is 0 Å². The van der Waals surface area contributed by atoms with Gasteiger partial charge in [0.15, 0.2) is 0 Å². The van der Waals surface area contributed by atoms with Gasteiger partial charge in [-0.25, -0.2) is 4.79 Å². The molecule has 122 valence electrons. The van der Waals surface area contributed by atoms with Gasteiger partial charge in [-0.3, -0.25) is 10.1 Å². The van der Waals surface area contributed by atoms with Gasteiger partial charge >= 0.3 is 6.09 Å². The molecule has 22 heavy (non-hydrogen) atoms. The average molecular weight is 330 g/mol. The first-order valence-electron chi connectivity index (χ1n) is 7.00. The number of nitro groups is 1. The third-order valence-electron chi connectivity index (χ3n) is 3.50. The highest BCUT2D eigenvalue weighted by Crippen LogP contribution is 2.13. The predicted octanol–water partition coefficient (Wildman–Crippen LogP) is 2.24. The number of nitro benzene ring substituents is 1. The van der Waals surface area contributed by atoms with Crippen LogP contribution < -0.4 is 10.6 Å². The van der Waals surface area contributed by atoms with Crippen LogP contribution in [0.25, 0.3) is 0 Å². The molecule has 0 aromatic heterocycles. The summed E-state index contributed by atoms with van der Waals surface area (Å²) in [6, 6.07) is 5.94. The van der Waals surface area contributed by atoms with Crippen LogP contribution >= 0.6 is 12.4 Å². The number of halogens is 1. The molecule has 0 saturated carbocycles. The van der Waals surface area contributed by atoms with Gasteiger partial charge in [0.25, 0.3) is 5.69 Å². The fraction of sp³-hybridized carbons (Fsp3) is 0.500. The molecule has 1 heterocycles. The summed E-state index contributed by atoms with van der Waals surface area (Å²) in [7, 11) is 0. The zero-order valence-corrected chi connectivity index (χ0v) is 12.9. The number of non-ortho nitro benzene ring substituents is 1. The van der Waals surface area contributed by atoms with Crippen LogP contribution in [-0.4, -0.2) is 30.7 Å². The molecular weight excluding hydrogens is 310 g/mol. The van der Waals surface area contributed by atoms with E-state index in [0.717, 1.165) is 31.5 Å². The van der Waals surface area contributed by atoms with E-state index in [1.54, 1.807) is 12.1 Å². The van der Waals surface area contributed by atoms with Gasteiger partial charge in [-0.05, 0) is 49.5 Å². The second kappa shape index (κ2) is 9.22. The molecule has 7 nitrogen and oxygen atoms in total. The Labute approximate surface area is 135 Å². The van der Waals surface area contributed by atoms with E-state index in [1.807, 2.05) is 0 Å². The second-order valence-corrected chi connectivity index (χ2v) is 5.07. The zero-order chi connectivity index (χ0) is 15.1. The number of amides is 1. The Bertz CT molecular complexity index is 489. The summed E-state index contributed by atoms with van der Waals surface area (Å²) < 4.78 is 5.06. The third-order valence-corrected chi connectivity index (χ3v) is 3.50. The van der Waals surface area contributed by atoms with Gasteiger partial charge in [-0.1, -0.05) is 0 Å². The van der Waals surface area contributed by atoms with E-state index < -0.39 is 11.0 Å². The second-order valence-electron chi connectivity index (χ2n) is 5.07. The number of alkyl carbamates (subject to hydrolysis) is 1. The van der Waals surface area contributed by atoms with Crippen LogP contribution in [0.5, 0.6) is 0 Å². The van der Waals surface area contributed by atoms with Crippen molar-refractivity contribution in [2.45, 2.75) is 19.4 Å². The van der Waals surface area contributed by atoms with Crippen molar-refractivity contribution >= 4 is 24.2 Å². The molecule has 1 saturated heterocycles. The van der Waals surface area contributed by atoms with Crippen LogP contribution in [0.3, 0.4) is 0 Å². The quantitative estimate of drug-likeness (QED) is 0.616. The summed E-state index contributed by atoms with van der Waals surface area (Å²) in [6.45, 7) is 2.77. The van der Waals surface area contributed by atoms with Crippen LogP contribution in [0.2, 0.25) is 0 Å². The number of carbonyl (C=O) groups is 1. The van der Waals surface area contributed by atoms with Crippen molar-refractivity contribution in [3.05, 3.63) is 39.9 Å². The fourth-order valence-electron chi connectivity index (χ4n) is 2.25. The van der Waals surface area contributed by atoms with Crippen molar-refractivity contribution in [1.29, 1.82) is 0 Å². The first kappa shape index (κ1) is 18.2. The van der Waals surface area contributed by atoms with Crippen LogP contribution in [-0.2, 0) is 11.3 Å². The molecule has 0 spiro atoms. The largest absolute Gasteiger partial charge is 0.445 e. The number of hydrogen-bond donors (Lipinski definition) is 2. The minimum Gasteiger partial charge on any atom is -0.445 e. The van der Waals surface area contributed by atoms with Crippen molar-refractivity contribution in [1.82, 2.24) is 10.6 Å². The van der Waals surface area contributed by atoms with Crippen molar-refractivity contribution in [2.75, 3.05) is 19.6 Å². The summed E-state index contributed by atoms with van der Waals surface area (Å²) in [5.74, 6) is 0.625. The molecule has 1 amide bonds. The molecule has 1 aromatic carbocycles. The highest BCUT2D eigenvalue weighted by molar-refractivity contribution is 5.85. The number of nitrogens with one attached hydrogen (secondary N) is 2. The zero-order valence-electron chi connectivity index (χ0n) is 12.1. The Morgan fingerprint density at radius 1 is 1.41 bits per heavy atom. The molecular formula is C14H20ClN3O4. The van der Waals surface area contributed by atoms with E-state index in [1.165, 1.54) is 12.1 Å². The van der Waals surface area contributed by atoms with Gasteiger partial charge in [-0.15, -0.1) is 12.4 Å². The maximum absolute atomic E-state index is 11.5. The maximum atomic E-state index is 11.5. The lowest BCUT2D eigenvalue weighted by atomic mass is 10.1. The molecule has 1 atom stereocenters. The Hall–Kier alpha value is -1.86.